The molecule has 104 valence electrons. The number of piperidine rings is 1. The number of nitrogen functional groups attached to an aromatic ring is 1. The molecule has 0 unspecified atom stereocenters. The molecule has 0 spiro atoms. The third kappa shape index (κ3) is 3.70. The Hall–Kier alpha value is -2.05. The van der Waals surface area contributed by atoms with Crippen LogP contribution in [0.25, 0.3) is 0 Å². The number of likely N-dealkylation sites (tertiary alicyclic amines) is 1. The van der Waals surface area contributed by atoms with Gasteiger partial charge in [0.25, 0.3) is 0 Å². The van der Waals surface area contributed by atoms with Crippen LogP contribution in [0.15, 0.2) is 12.4 Å². The summed E-state index contributed by atoms with van der Waals surface area (Å²) in [4.78, 5) is 21.4. The van der Waals surface area contributed by atoms with Crippen molar-refractivity contribution >= 4 is 17.7 Å². The molecule has 1 amide bonds. The number of nitrogens with one attached hydrogen (secondary N) is 1. The van der Waals surface area contributed by atoms with Crippen LogP contribution in [0, 0.1) is 0 Å². The molecule has 1 fully saturated rings. The Morgan fingerprint density at radius 3 is 2.89 bits per heavy atom. The van der Waals surface area contributed by atoms with Crippen molar-refractivity contribution in [3.8, 4) is 0 Å². The number of ether oxygens (including phenoxy) is 1. The highest BCUT2D eigenvalue weighted by Gasteiger charge is 2.23. The molecule has 0 saturated carbocycles. The smallest absolute Gasteiger partial charge is 0.409 e. The van der Waals surface area contributed by atoms with Crippen LogP contribution in [0.3, 0.4) is 0 Å². The molecule has 2 heterocycles. The molecule has 1 aliphatic rings. The molecular formula is C12H19N5O2. The van der Waals surface area contributed by atoms with Crippen molar-refractivity contribution in [2.45, 2.75) is 25.8 Å². The molecule has 0 radical (unpaired) electrons. The number of anilines is 2. The summed E-state index contributed by atoms with van der Waals surface area (Å²) in [5.41, 5.74) is 5.58. The molecular weight excluding hydrogens is 246 g/mol. The minimum absolute atomic E-state index is 0.232. The summed E-state index contributed by atoms with van der Waals surface area (Å²) in [5.74, 6) is 1.07. The Kier molecular flexibility index (Phi) is 4.38. The van der Waals surface area contributed by atoms with Crippen molar-refractivity contribution in [1.82, 2.24) is 14.9 Å². The van der Waals surface area contributed by atoms with E-state index in [-0.39, 0.29) is 12.1 Å². The summed E-state index contributed by atoms with van der Waals surface area (Å²) in [6.45, 7) is 3.60. The summed E-state index contributed by atoms with van der Waals surface area (Å²) in [6, 6.07) is 0.279. The lowest BCUT2D eigenvalue weighted by Crippen LogP contribution is -2.42. The van der Waals surface area contributed by atoms with Crippen LogP contribution < -0.4 is 11.1 Å². The van der Waals surface area contributed by atoms with Gasteiger partial charge < -0.3 is 20.7 Å². The van der Waals surface area contributed by atoms with Crippen LogP contribution in [-0.4, -0.2) is 46.7 Å². The van der Waals surface area contributed by atoms with Crippen molar-refractivity contribution in [2.75, 3.05) is 30.7 Å². The number of rotatable bonds is 3. The van der Waals surface area contributed by atoms with Crippen LogP contribution in [0.1, 0.15) is 19.8 Å². The summed E-state index contributed by atoms with van der Waals surface area (Å²) < 4.78 is 4.98. The first kappa shape index (κ1) is 13.4. The van der Waals surface area contributed by atoms with E-state index in [0.29, 0.717) is 31.3 Å². The molecule has 1 saturated heterocycles. The van der Waals surface area contributed by atoms with E-state index in [2.05, 4.69) is 15.3 Å². The van der Waals surface area contributed by atoms with Crippen molar-refractivity contribution in [3.05, 3.63) is 12.4 Å². The Morgan fingerprint density at radius 1 is 1.53 bits per heavy atom. The summed E-state index contributed by atoms with van der Waals surface area (Å²) in [6.07, 6.45) is 4.64. The number of carbonyl (C=O) groups is 1. The number of nitrogens with zero attached hydrogens (tertiary/aromatic N) is 3. The fourth-order valence-corrected chi connectivity index (χ4v) is 2.08. The Bertz CT molecular complexity index is 432. The summed E-state index contributed by atoms with van der Waals surface area (Å²) in [5, 5.41) is 3.28. The van der Waals surface area contributed by atoms with Crippen LogP contribution in [0.5, 0.6) is 0 Å². The van der Waals surface area contributed by atoms with Crippen LogP contribution in [0.4, 0.5) is 16.4 Å². The molecule has 0 atom stereocenters. The molecule has 1 aliphatic heterocycles. The zero-order valence-electron chi connectivity index (χ0n) is 11.0. The predicted molar refractivity (Wildman–Crippen MR) is 71.7 cm³/mol. The van der Waals surface area contributed by atoms with E-state index in [0.717, 1.165) is 12.8 Å². The maximum absolute atomic E-state index is 11.6. The second kappa shape index (κ2) is 6.21. The monoisotopic (exact) mass is 265 g/mol. The third-order valence-electron chi connectivity index (χ3n) is 3.03. The minimum Gasteiger partial charge on any atom is -0.450 e. The van der Waals surface area contributed by atoms with E-state index in [1.54, 1.807) is 11.1 Å². The quantitative estimate of drug-likeness (QED) is 0.849. The van der Waals surface area contributed by atoms with Gasteiger partial charge in [-0.05, 0) is 19.8 Å². The lowest BCUT2D eigenvalue weighted by molar-refractivity contribution is 0.0983. The molecule has 2 rings (SSSR count). The lowest BCUT2D eigenvalue weighted by atomic mass is 10.1. The minimum atomic E-state index is -0.232. The number of hydrogen-bond donors (Lipinski definition) is 2. The highest BCUT2D eigenvalue weighted by molar-refractivity contribution is 5.67. The van der Waals surface area contributed by atoms with Gasteiger partial charge in [-0.2, -0.15) is 0 Å². The predicted octanol–water partition coefficient (Wildman–Crippen LogP) is 1.09. The molecule has 1 aromatic heterocycles. The van der Waals surface area contributed by atoms with Gasteiger partial charge in [0.05, 0.1) is 19.0 Å². The first-order chi connectivity index (χ1) is 9.19. The van der Waals surface area contributed by atoms with E-state index in [9.17, 15) is 4.79 Å². The van der Waals surface area contributed by atoms with Gasteiger partial charge in [0.2, 0.25) is 0 Å². The van der Waals surface area contributed by atoms with Gasteiger partial charge in [0.1, 0.15) is 11.6 Å². The van der Waals surface area contributed by atoms with Crippen molar-refractivity contribution < 1.29 is 9.53 Å². The lowest BCUT2D eigenvalue weighted by Gasteiger charge is -2.31. The zero-order chi connectivity index (χ0) is 13.7. The molecule has 19 heavy (non-hydrogen) atoms. The SMILES string of the molecule is CCOC(=O)N1CCC(Nc2cncc(N)n2)CC1. The van der Waals surface area contributed by atoms with E-state index >= 15 is 0 Å². The first-order valence-electron chi connectivity index (χ1n) is 6.44. The molecule has 7 heteroatoms. The molecule has 0 aliphatic carbocycles. The average Bonchev–Trinajstić information content (AvgIpc) is 2.40. The Labute approximate surface area is 112 Å². The highest BCUT2D eigenvalue weighted by atomic mass is 16.6. The van der Waals surface area contributed by atoms with E-state index < -0.39 is 0 Å². The average molecular weight is 265 g/mol. The van der Waals surface area contributed by atoms with Gasteiger partial charge in [0.15, 0.2) is 0 Å². The van der Waals surface area contributed by atoms with E-state index in [1.165, 1.54) is 6.20 Å². The number of hydrogen-bond acceptors (Lipinski definition) is 6. The summed E-state index contributed by atoms with van der Waals surface area (Å²) >= 11 is 0. The molecule has 0 aromatic carbocycles. The molecule has 0 bridgehead atoms. The summed E-state index contributed by atoms with van der Waals surface area (Å²) in [7, 11) is 0. The fourth-order valence-electron chi connectivity index (χ4n) is 2.08. The third-order valence-corrected chi connectivity index (χ3v) is 3.03. The van der Waals surface area contributed by atoms with Gasteiger partial charge in [-0.3, -0.25) is 4.98 Å². The topological polar surface area (TPSA) is 93.4 Å². The largest absolute Gasteiger partial charge is 0.450 e. The Balaban J connectivity index is 1.82. The highest BCUT2D eigenvalue weighted by Crippen LogP contribution is 2.15. The number of aromatic nitrogens is 2. The van der Waals surface area contributed by atoms with Gasteiger partial charge in [0, 0.05) is 19.1 Å². The van der Waals surface area contributed by atoms with Gasteiger partial charge in [-0.15, -0.1) is 0 Å². The number of amides is 1. The number of nitrogens with two attached hydrogens (primary N) is 1. The van der Waals surface area contributed by atoms with Crippen LogP contribution in [-0.2, 0) is 4.74 Å². The first-order valence-corrected chi connectivity index (χ1v) is 6.44. The van der Waals surface area contributed by atoms with Crippen molar-refractivity contribution in [1.29, 1.82) is 0 Å². The maximum atomic E-state index is 11.6. The van der Waals surface area contributed by atoms with Crippen LogP contribution in [0.2, 0.25) is 0 Å². The normalized spacial score (nSPS) is 16.2. The van der Waals surface area contributed by atoms with Gasteiger partial charge >= 0.3 is 6.09 Å². The fraction of sp³-hybridized carbons (Fsp3) is 0.583. The molecule has 1 aromatic rings. The second-order valence-electron chi connectivity index (χ2n) is 4.43. The standard InChI is InChI=1S/C12H19N5O2/c1-2-19-12(18)17-5-3-9(4-6-17)15-11-8-14-7-10(13)16-11/h7-9H,2-6H2,1H3,(H3,13,15,16). The van der Waals surface area contributed by atoms with Gasteiger partial charge in [-0.1, -0.05) is 0 Å². The molecule has 7 nitrogen and oxygen atoms in total. The Morgan fingerprint density at radius 2 is 2.26 bits per heavy atom. The van der Waals surface area contributed by atoms with E-state index in [1.807, 2.05) is 6.92 Å². The zero-order valence-corrected chi connectivity index (χ0v) is 11.0. The van der Waals surface area contributed by atoms with Gasteiger partial charge in [-0.25, -0.2) is 9.78 Å². The van der Waals surface area contributed by atoms with E-state index in [4.69, 9.17) is 10.5 Å². The van der Waals surface area contributed by atoms with Crippen molar-refractivity contribution in [2.24, 2.45) is 0 Å². The van der Waals surface area contributed by atoms with Crippen LogP contribution >= 0.6 is 0 Å². The number of carbonyl (C=O) groups excluding carboxylic acids is 1. The molecule has 3 N–H and O–H groups in total. The second-order valence-corrected chi connectivity index (χ2v) is 4.43. The maximum Gasteiger partial charge on any atom is 0.409 e. The van der Waals surface area contributed by atoms with Crippen molar-refractivity contribution in [3.63, 3.8) is 0 Å².